The van der Waals surface area contributed by atoms with E-state index < -0.39 is 11.8 Å². The molecule has 0 aromatic carbocycles. The Hall–Kier alpha value is -0.180. The summed E-state index contributed by atoms with van der Waals surface area (Å²) >= 11 is 0. The number of alkyl halides is 2. The molecule has 0 aromatic heterocycles. The lowest BCUT2D eigenvalue weighted by Crippen LogP contribution is -2.32. The molecule has 1 saturated carbocycles. The first kappa shape index (κ1) is 7.92. The Kier molecular flexibility index (Phi) is 1.95. The predicted octanol–water partition coefficient (Wildman–Crippen LogP) is 1.63. The minimum atomic E-state index is -2.57. The molecule has 0 heterocycles. The molecule has 0 aliphatic heterocycles. The molecule has 3 heteroatoms. The van der Waals surface area contributed by atoms with Crippen molar-refractivity contribution in [3.8, 4) is 0 Å². The van der Waals surface area contributed by atoms with Gasteiger partial charge in [0, 0.05) is 12.5 Å². The quantitative estimate of drug-likeness (QED) is 0.648. The summed E-state index contributed by atoms with van der Waals surface area (Å²) in [5.41, 5.74) is 5.22. The van der Waals surface area contributed by atoms with Crippen LogP contribution < -0.4 is 5.73 Å². The molecule has 60 valence electrons. The van der Waals surface area contributed by atoms with Crippen molar-refractivity contribution >= 4 is 0 Å². The molecule has 1 aliphatic rings. The lowest BCUT2D eigenvalue weighted by molar-refractivity contribution is -0.0444. The average Bonchev–Trinajstić information content (AvgIpc) is 2.46. The van der Waals surface area contributed by atoms with Gasteiger partial charge in [0.25, 0.3) is 0 Å². The SMILES string of the molecule is CC(F)(F)C(CN)C1CC1. The molecule has 1 nitrogen and oxygen atoms in total. The lowest BCUT2D eigenvalue weighted by Gasteiger charge is -2.20. The van der Waals surface area contributed by atoms with Gasteiger partial charge in [-0.3, -0.25) is 0 Å². The van der Waals surface area contributed by atoms with Gasteiger partial charge in [-0.1, -0.05) is 0 Å². The molecule has 0 aromatic rings. The maximum absolute atomic E-state index is 12.6. The Labute approximate surface area is 59.6 Å². The van der Waals surface area contributed by atoms with Crippen LogP contribution in [0, 0.1) is 11.8 Å². The number of hydrogen-bond acceptors (Lipinski definition) is 1. The van der Waals surface area contributed by atoms with E-state index in [1.54, 1.807) is 0 Å². The first-order chi connectivity index (χ1) is 4.55. The van der Waals surface area contributed by atoms with Crippen molar-refractivity contribution in [2.45, 2.75) is 25.7 Å². The summed E-state index contributed by atoms with van der Waals surface area (Å²) in [5, 5.41) is 0. The van der Waals surface area contributed by atoms with Crippen molar-refractivity contribution in [3.05, 3.63) is 0 Å². The highest BCUT2D eigenvalue weighted by Gasteiger charge is 2.43. The lowest BCUT2D eigenvalue weighted by atomic mass is 9.97. The van der Waals surface area contributed by atoms with Gasteiger partial charge in [-0.15, -0.1) is 0 Å². The molecule has 1 aliphatic carbocycles. The molecule has 0 spiro atoms. The normalized spacial score (nSPS) is 22.8. The van der Waals surface area contributed by atoms with Crippen LogP contribution in [0.25, 0.3) is 0 Å². The molecular formula is C7H13F2N. The van der Waals surface area contributed by atoms with Crippen LogP contribution in [0.3, 0.4) is 0 Å². The molecule has 0 radical (unpaired) electrons. The second-order valence-electron chi connectivity index (χ2n) is 3.14. The van der Waals surface area contributed by atoms with Crippen LogP contribution in [-0.2, 0) is 0 Å². The first-order valence-electron chi connectivity index (χ1n) is 3.63. The van der Waals surface area contributed by atoms with Crippen LogP contribution >= 0.6 is 0 Å². The van der Waals surface area contributed by atoms with Gasteiger partial charge < -0.3 is 5.73 Å². The molecule has 10 heavy (non-hydrogen) atoms. The Morgan fingerprint density at radius 3 is 2.20 bits per heavy atom. The fraction of sp³-hybridized carbons (Fsp3) is 1.00. The highest BCUT2D eigenvalue weighted by Crippen LogP contribution is 2.43. The third kappa shape index (κ3) is 1.66. The van der Waals surface area contributed by atoms with E-state index in [1.807, 2.05) is 0 Å². The Morgan fingerprint density at radius 2 is 2.10 bits per heavy atom. The van der Waals surface area contributed by atoms with Crippen LogP contribution in [0.4, 0.5) is 8.78 Å². The Balaban J connectivity index is 2.46. The highest BCUT2D eigenvalue weighted by molar-refractivity contribution is 4.88. The van der Waals surface area contributed by atoms with Crippen molar-refractivity contribution in [3.63, 3.8) is 0 Å². The number of nitrogens with two attached hydrogens (primary N) is 1. The first-order valence-corrected chi connectivity index (χ1v) is 3.63. The molecule has 0 bridgehead atoms. The predicted molar refractivity (Wildman–Crippen MR) is 35.9 cm³/mol. The maximum Gasteiger partial charge on any atom is 0.249 e. The van der Waals surface area contributed by atoms with Crippen LogP contribution in [0.2, 0.25) is 0 Å². The minimum absolute atomic E-state index is 0.119. The van der Waals surface area contributed by atoms with E-state index >= 15 is 0 Å². The minimum Gasteiger partial charge on any atom is -0.330 e. The number of halogens is 2. The van der Waals surface area contributed by atoms with Gasteiger partial charge in [0.1, 0.15) is 0 Å². The molecule has 1 atom stereocenters. The molecule has 1 rings (SSSR count). The highest BCUT2D eigenvalue weighted by atomic mass is 19.3. The van der Waals surface area contributed by atoms with Gasteiger partial charge in [0.2, 0.25) is 5.92 Å². The fourth-order valence-electron chi connectivity index (χ4n) is 1.31. The molecule has 1 unspecified atom stereocenters. The van der Waals surface area contributed by atoms with E-state index in [0.29, 0.717) is 0 Å². The number of rotatable bonds is 3. The van der Waals surface area contributed by atoms with E-state index in [2.05, 4.69) is 0 Å². The van der Waals surface area contributed by atoms with Crippen molar-refractivity contribution in [2.24, 2.45) is 17.6 Å². The smallest absolute Gasteiger partial charge is 0.249 e. The second kappa shape index (κ2) is 2.46. The summed E-state index contributed by atoms with van der Waals surface area (Å²) < 4.78 is 25.2. The summed E-state index contributed by atoms with van der Waals surface area (Å²) in [6, 6.07) is 0. The summed E-state index contributed by atoms with van der Waals surface area (Å²) in [6.07, 6.45) is 1.87. The van der Waals surface area contributed by atoms with E-state index in [1.165, 1.54) is 0 Å². The third-order valence-corrected chi connectivity index (χ3v) is 2.10. The van der Waals surface area contributed by atoms with Gasteiger partial charge in [-0.2, -0.15) is 0 Å². The molecular weight excluding hydrogens is 136 g/mol. The topological polar surface area (TPSA) is 26.0 Å². The van der Waals surface area contributed by atoms with Crippen LogP contribution in [0.15, 0.2) is 0 Å². The monoisotopic (exact) mass is 149 g/mol. The molecule has 1 fully saturated rings. The Morgan fingerprint density at radius 1 is 1.60 bits per heavy atom. The van der Waals surface area contributed by atoms with Gasteiger partial charge >= 0.3 is 0 Å². The van der Waals surface area contributed by atoms with Gasteiger partial charge in [0.05, 0.1) is 0 Å². The van der Waals surface area contributed by atoms with E-state index in [9.17, 15) is 8.78 Å². The second-order valence-corrected chi connectivity index (χ2v) is 3.14. The zero-order valence-electron chi connectivity index (χ0n) is 6.11. The van der Waals surface area contributed by atoms with Gasteiger partial charge in [0.15, 0.2) is 0 Å². The van der Waals surface area contributed by atoms with E-state index in [0.717, 1.165) is 19.8 Å². The van der Waals surface area contributed by atoms with Crippen molar-refractivity contribution in [1.82, 2.24) is 0 Å². The van der Waals surface area contributed by atoms with Crippen LogP contribution in [0.1, 0.15) is 19.8 Å². The zero-order valence-corrected chi connectivity index (χ0v) is 6.11. The van der Waals surface area contributed by atoms with E-state index in [4.69, 9.17) is 5.73 Å². The van der Waals surface area contributed by atoms with Gasteiger partial charge in [-0.05, 0) is 25.7 Å². The summed E-state index contributed by atoms with van der Waals surface area (Å²) in [5.74, 6) is -2.95. The van der Waals surface area contributed by atoms with Crippen molar-refractivity contribution in [1.29, 1.82) is 0 Å². The maximum atomic E-state index is 12.6. The standard InChI is InChI=1S/C7H13F2N/c1-7(8,9)6(4-10)5-2-3-5/h5-6H,2-4,10H2,1H3. The largest absolute Gasteiger partial charge is 0.330 e. The summed E-state index contributed by atoms with van der Waals surface area (Å²) in [6.45, 7) is 1.08. The fourth-order valence-corrected chi connectivity index (χ4v) is 1.31. The summed E-state index contributed by atoms with van der Waals surface area (Å²) in [4.78, 5) is 0. The number of hydrogen-bond donors (Lipinski definition) is 1. The molecule has 0 amide bonds. The molecule has 0 saturated heterocycles. The molecule has 2 N–H and O–H groups in total. The average molecular weight is 149 g/mol. The third-order valence-electron chi connectivity index (χ3n) is 2.10. The Bertz CT molecular complexity index is 115. The van der Waals surface area contributed by atoms with E-state index in [-0.39, 0.29) is 12.5 Å². The zero-order chi connectivity index (χ0) is 7.78. The van der Waals surface area contributed by atoms with Crippen LogP contribution in [0.5, 0.6) is 0 Å². The van der Waals surface area contributed by atoms with Crippen LogP contribution in [-0.4, -0.2) is 12.5 Å². The van der Waals surface area contributed by atoms with Gasteiger partial charge in [-0.25, -0.2) is 8.78 Å². The van der Waals surface area contributed by atoms with Crippen molar-refractivity contribution in [2.75, 3.05) is 6.54 Å². The summed E-state index contributed by atoms with van der Waals surface area (Å²) in [7, 11) is 0. The van der Waals surface area contributed by atoms with Crippen molar-refractivity contribution < 1.29 is 8.78 Å².